The maximum atomic E-state index is 12.6. The van der Waals surface area contributed by atoms with Crippen molar-refractivity contribution in [1.29, 1.82) is 0 Å². The molecule has 0 aromatic heterocycles. The predicted octanol–water partition coefficient (Wildman–Crippen LogP) is 3.85. The molecule has 0 atom stereocenters. The van der Waals surface area contributed by atoms with Gasteiger partial charge in [-0.05, 0) is 75.6 Å². The van der Waals surface area contributed by atoms with E-state index in [-0.39, 0.29) is 24.3 Å². The monoisotopic (exact) mass is 436 g/mol. The molecule has 1 aliphatic heterocycles. The van der Waals surface area contributed by atoms with E-state index in [1.165, 1.54) is 6.42 Å². The molecule has 32 heavy (non-hydrogen) atoms. The zero-order valence-electron chi connectivity index (χ0n) is 18.9. The van der Waals surface area contributed by atoms with Crippen LogP contribution >= 0.6 is 0 Å². The maximum absolute atomic E-state index is 12.6. The van der Waals surface area contributed by atoms with Crippen molar-refractivity contribution in [1.82, 2.24) is 9.80 Å². The molecule has 2 aromatic carbocycles. The number of nitrogens with zero attached hydrogens (tertiary/aromatic N) is 2. The number of benzene rings is 2. The van der Waals surface area contributed by atoms with Crippen LogP contribution in [0.1, 0.15) is 53.8 Å². The van der Waals surface area contributed by atoms with Gasteiger partial charge in [0.25, 0.3) is 11.8 Å². The zero-order valence-corrected chi connectivity index (χ0v) is 18.9. The second kappa shape index (κ2) is 11.3. The van der Waals surface area contributed by atoms with Crippen molar-refractivity contribution < 1.29 is 14.4 Å². The highest BCUT2D eigenvalue weighted by Gasteiger charge is 2.18. The van der Waals surface area contributed by atoms with Crippen LogP contribution in [0.15, 0.2) is 48.5 Å². The molecule has 1 saturated heterocycles. The van der Waals surface area contributed by atoms with Crippen molar-refractivity contribution in [2.45, 2.75) is 33.1 Å². The van der Waals surface area contributed by atoms with Crippen molar-refractivity contribution >= 4 is 29.1 Å². The number of hydrogen-bond acceptors (Lipinski definition) is 4. The van der Waals surface area contributed by atoms with Crippen LogP contribution in [-0.2, 0) is 4.79 Å². The Morgan fingerprint density at radius 3 is 2.22 bits per heavy atom. The molecule has 2 N–H and O–H groups in total. The van der Waals surface area contributed by atoms with E-state index in [4.69, 9.17) is 0 Å². The van der Waals surface area contributed by atoms with Gasteiger partial charge in [0.1, 0.15) is 0 Å². The number of hydrogen-bond donors (Lipinski definition) is 2. The summed E-state index contributed by atoms with van der Waals surface area (Å²) in [6, 6.07) is 14.2. The molecule has 1 aliphatic rings. The van der Waals surface area contributed by atoms with Crippen molar-refractivity contribution in [3.8, 4) is 0 Å². The Bertz CT molecular complexity index is 932. The van der Waals surface area contributed by atoms with Gasteiger partial charge < -0.3 is 20.4 Å². The fourth-order valence-corrected chi connectivity index (χ4v) is 3.82. The van der Waals surface area contributed by atoms with Gasteiger partial charge in [-0.1, -0.05) is 6.07 Å². The topological polar surface area (TPSA) is 81.8 Å². The van der Waals surface area contributed by atoms with E-state index < -0.39 is 0 Å². The second-order valence-corrected chi connectivity index (χ2v) is 7.89. The molecule has 3 amide bonds. The molecular formula is C25H32N4O3. The minimum atomic E-state index is -0.217. The molecule has 0 bridgehead atoms. The van der Waals surface area contributed by atoms with Gasteiger partial charge >= 0.3 is 0 Å². The highest BCUT2D eigenvalue weighted by Crippen LogP contribution is 2.16. The summed E-state index contributed by atoms with van der Waals surface area (Å²) >= 11 is 0. The lowest BCUT2D eigenvalue weighted by Gasteiger charge is -2.26. The standard InChI is InChI=1S/C25H32N4O3/c1-3-28(4-2)25(32)20-9-8-10-22(17-20)27-23(30)18-26-21-13-11-19(12-14-21)24(31)29-15-6-5-7-16-29/h8-14,17,26H,3-7,15-16,18H2,1-2H3,(H,27,30). The molecule has 0 radical (unpaired) electrons. The zero-order chi connectivity index (χ0) is 22.9. The Kier molecular flexibility index (Phi) is 8.25. The molecule has 0 spiro atoms. The van der Waals surface area contributed by atoms with Gasteiger partial charge in [0.15, 0.2) is 0 Å². The molecule has 7 heteroatoms. The van der Waals surface area contributed by atoms with Gasteiger partial charge in [-0.2, -0.15) is 0 Å². The first-order chi connectivity index (χ1) is 15.5. The molecule has 1 heterocycles. The summed E-state index contributed by atoms with van der Waals surface area (Å²) in [5.74, 6) is -0.206. The molecule has 3 rings (SSSR count). The van der Waals surface area contributed by atoms with E-state index in [0.717, 1.165) is 31.6 Å². The van der Waals surface area contributed by atoms with Gasteiger partial charge in [-0.3, -0.25) is 14.4 Å². The van der Waals surface area contributed by atoms with Gasteiger partial charge in [-0.25, -0.2) is 0 Å². The summed E-state index contributed by atoms with van der Waals surface area (Å²) in [5.41, 5.74) is 2.56. The summed E-state index contributed by atoms with van der Waals surface area (Å²) in [6.45, 7) is 6.87. The van der Waals surface area contributed by atoms with Crippen LogP contribution in [0, 0.1) is 0 Å². The average molecular weight is 437 g/mol. The highest BCUT2D eigenvalue weighted by atomic mass is 16.2. The third kappa shape index (κ3) is 6.09. The fraction of sp³-hybridized carbons (Fsp3) is 0.400. The molecule has 170 valence electrons. The number of rotatable bonds is 8. The number of nitrogens with one attached hydrogen (secondary N) is 2. The lowest BCUT2D eigenvalue weighted by atomic mass is 10.1. The normalized spacial score (nSPS) is 13.4. The van der Waals surface area contributed by atoms with E-state index in [2.05, 4.69) is 10.6 Å². The fourth-order valence-electron chi connectivity index (χ4n) is 3.82. The molecule has 0 aliphatic carbocycles. The Hall–Kier alpha value is -3.35. The Balaban J connectivity index is 1.52. The number of likely N-dealkylation sites (tertiary alicyclic amines) is 1. The number of piperidine rings is 1. The van der Waals surface area contributed by atoms with Crippen LogP contribution in [-0.4, -0.2) is 60.2 Å². The van der Waals surface area contributed by atoms with Crippen LogP contribution in [0.2, 0.25) is 0 Å². The van der Waals surface area contributed by atoms with Crippen LogP contribution < -0.4 is 10.6 Å². The SMILES string of the molecule is CCN(CC)C(=O)c1cccc(NC(=O)CNc2ccc(C(=O)N3CCCCC3)cc2)c1. The van der Waals surface area contributed by atoms with Crippen LogP contribution in [0.4, 0.5) is 11.4 Å². The van der Waals surface area contributed by atoms with Crippen molar-refractivity contribution in [2.24, 2.45) is 0 Å². The van der Waals surface area contributed by atoms with Gasteiger partial charge in [-0.15, -0.1) is 0 Å². The minimum Gasteiger partial charge on any atom is -0.376 e. The molecule has 1 fully saturated rings. The first-order valence-electron chi connectivity index (χ1n) is 11.3. The largest absolute Gasteiger partial charge is 0.376 e. The summed E-state index contributed by atoms with van der Waals surface area (Å²) in [6.07, 6.45) is 3.31. The van der Waals surface area contributed by atoms with E-state index in [1.54, 1.807) is 41.3 Å². The Labute approximate surface area is 189 Å². The summed E-state index contributed by atoms with van der Waals surface area (Å²) in [7, 11) is 0. The summed E-state index contributed by atoms with van der Waals surface area (Å²) < 4.78 is 0. The van der Waals surface area contributed by atoms with E-state index in [0.29, 0.717) is 29.9 Å². The van der Waals surface area contributed by atoms with E-state index >= 15 is 0 Å². The average Bonchev–Trinajstić information content (AvgIpc) is 2.84. The number of amides is 3. The molecule has 0 saturated carbocycles. The van der Waals surface area contributed by atoms with Crippen molar-refractivity contribution in [2.75, 3.05) is 43.4 Å². The lowest BCUT2D eigenvalue weighted by molar-refractivity contribution is -0.114. The first-order valence-corrected chi connectivity index (χ1v) is 11.3. The maximum Gasteiger partial charge on any atom is 0.253 e. The van der Waals surface area contributed by atoms with E-state index in [1.807, 2.05) is 30.9 Å². The molecule has 7 nitrogen and oxygen atoms in total. The minimum absolute atomic E-state index is 0.0524. The van der Waals surface area contributed by atoms with Crippen LogP contribution in [0.3, 0.4) is 0 Å². The van der Waals surface area contributed by atoms with Gasteiger partial charge in [0.05, 0.1) is 6.54 Å². The number of anilines is 2. The predicted molar refractivity (Wildman–Crippen MR) is 127 cm³/mol. The van der Waals surface area contributed by atoms with Crippen molar-refractivity contribution in [3.05, 3.63) is 59.7 Å². The quantitative estimate of drug-likeness (QED) is 0.659. The van der Waals surface area contributed by atoms with Crippen LogP contribution in [0.25, 0.3) is 0 Å². The van der Waals surface area contributed by atoms with Crippen LogP contribution in [0.5, 0.6) is 0 Å². The summed E-state index contributed by atoms with van der Waals surface area (Å²) in [4.78, 5) is 41.1. The van der Waals surface area contributed by atoms with Gasteiger partial charge in [0, 0.05) is 48.7 Å². The molecule has 2 aromatic rings. The Morgan fingerprint density at radius 1 is 0.875 bits per heavy atom. The highest BCUT2D eigenvalue weighted by molar-refractivity contribution is 5.98. The first kappa shape index (κ1) is 23.3. The lowest BCUT2D eigenvalue weighted by Crippen LogP contribution is -2.35. The third-order valence-electron chi connectivity index (χ3n) is 5.67. The number of carbonyl (C=O) groups excluding carboxylic acids is 3. The second-order valence-electron chi connectivity index (χ2n) is 7.89. The molecule has 0 unspecified atom stereocenters. The smallest absolute Gasteiger partial charge is 0.253 e. The summed E-state index contributed by atoms with van der Waals surface area (Å²) in [5, 5.41) is 5.89. The van der Waals surface area contributed by atoms with Crippen molar-refractivity contribution in [3.63, 3.8) is 0 Å². The van der Waals surface area contributed by atoms with E-state index in [9.17, 15) is 14.4 Å². The number of carbonyl (C=O) groups is 3. The third-order valence-corrected chi connectivity index (χ3v) is 5.67. The van der Waals surface area contributed by atoms with Gasteiger partial charge in [0.2, 0.25) is 5.91 Å². The Morgan fingerprint density at radius 2 is 1.56 bits per heavy atom. The molecular weight excluding hydrogens is 404 g/mol.